The van der Waals surface area contributed by atoms with Crippen LogP contribution in [-0.4, -0.2) is 27.3 Å². The third-order valence-corrected chi connectivity index (χ3v) is 3.47. The Labute approximate surface area is 127 Å². The van der Waals surface area contributed by atoms with Crippen LogP contribution >= 0.6 is 35.0 Å². The molecule has 1 heterocycles. The van der Waals surface area contributed by atoms with E-state index in [0.717, 1.165) is 16.4 Å². The number of alkyl halides is 2. The van der Waals surface area contributed by atoms with Gasteiger partial charge in [-0.25, -0.2) is 8.78 Å². The highest BCUT2D eigenvalue weighted by molar-refractivity contribution is 7.98. The van der Waals surface area contributed by atoms with E-state index in [2.05, 4.69) is 15.3 Å². The summed E-state index contributed by atoms with van der Waals surface area (Å²) < 4.78 is 26.6. The summed E-state index contributed by atoms with van der Waals surface area (Å²) in [4.78, 5) is 0. The molecule has 0 aliphatic heterocycles. The minimum atomic E-state index is -2.76. The van der Waals surface area contributed by atoms with Gasteiger partial charge in [-0.2, -0.15) is 9.78 Å². The maximum absolute atomic E-state index is 12.8. The average molecular weight is 337 g/mol. The molecule has 0 atom stereocenters. The van der Waals surface area contributed by atoms with Crippen LogP contribution in [0.25, 0.3) is 0 Å². The maximum atomic E-state index is 12.8. The van der Waals surface area contributed by atoms with Crippen LogP contribution in [0, 0.1) is 0 Å². The predicted molar refractivity (Wildman–Crippen MR) is 76.2 cm³/mol. The van der Waals surface area contributed by atoms with E-state index in [4.69, 9.17) is 23.2 Å². The Morgan fingerprint density at radius 3 is 2.70 bits per heavy atom. The molecule has 106 valence electrons. The van der Waals surface area contributed by atoms with Gasteiger partial charge in [-0.1, -0.05) is 41.0 Å². The lowest BCUT2D eigenvalue weighted by atomic mass is 10.2. The third-order valence-electron chi connectivity index (χ3n) is 2.29. The van der Waals surface area contributed by atoms with Crippen molar-refractivity contribution in [1.29, 1.82) is 0 Å². The van der Waals surface area contributed by atoms with Gasteiger partial charge in [0.1, 0.15) is 0 Å². The van der Waals surface area contributed by atoms with E-state index in [9.17, 15) is 8.78 Å². The van der Waals surface area contributed by atoms with Crippen LogP contribution in [0.3, 0.4) is 0 Å². The van der Waals surface area contributed by atoms with Crippen LogP contribution in [0.2, 0.25) is 10.0 Å². The summed E-state index contributed by atoms with van der Waals surface area (Å²) in [7, 11) is 0. The Morgan fingerprint density at radius 2 is 2.10 bits per heavy atom. The first-order valence-electron chi connectivity index (χ1n) is 5.29. The SMILES string of the molecule is CSc1nnc(C(F)F)n1N=Cc1ccc(Cl)cc1Cl. The molecule has 0 saturated carbocycles. The molecular weight excluding hydrogens is 329 g/mol. The summed E-state index contributed by atoms with van der Waals surface area (Å²) in [5.41, 5.74) is 0.553. The number of aromatic nitrogens is 3. The molecule has 20 heavy (non-hydrogen) atoms. The average Bonchev–Trinajstić information content (AvgIpc) is 2.80. The summed E-state index contributed by atoms with van der Waals surface area (Å²) in [6, 6.07) is 4.81. The molecule has 0 spiro atoms. The number of hydrogen-bond donors (Lipinski definition) is 0. The van der Waals surface area contributed by atoms with Gasteiger partial charge in [0.25, 0.3) is 6.43 Å². The van der Waals surface area contributed by atoms with Crippen LogP contribution in [0.15, 0.2) is 28.5 Å². The van der Waals surface area contributed by atoms with Gasteiger partial charge in [0.05, 0.1) is 11.2 Å². The Hall–Kier alpha value is -1.18. The fraction of sp³-hybridized carbons (Fsp3) is 0.182. The fourth-order valence-corrected chi connectivity index (χ4v) is 2.27. The van der Waals surface area contributed by atoms with Crippen molar-refractivity contribution in [3.05, 3.63) is 39.6 Å². The first-order valence-corrected chi connectivity index (χ1v) is 7.28. The van der Waals surface area contributed by atoms with Crippen molar-refractivity contribution in [2.45, 2.75) is 11.6 Å². The lowest BCUT2D eigenvalue weighted by Gasteiger charge is -2.02. The lowest BCUT2D eigenvalue weighted by molar-refractivity contribution is 0.135. The molecule has 9 heteroatoms. The maximum Gasteiger partial charge on any atom is 0.299 e. The van der Waals surface area contributed by atoms with E-state index in [0.29, 0.717) is 15.6 Å². The highest BCUT2D eigenvalue weighted by atomic mass is 35.5. The Morgan fingerprint density at radius 1 is 1.35 bits per heavy atom. The topological polar surface area (TPSA) is 43.1 Å². The molecule has 0 N–H and O–H groups in total. The first kappa shape index (κ1) is 15.2. The van der Waals surface area contributed by atoms with Gasteiger partial charge in [0.2, 0.25) is 11.0 Å². The molecule has 2 rings (SSSR count). The van der Waals surface area contributed by atoms with Crippen LogP contribution in [0.5, 0.6) is 0 Å². The Bertz CT molecular complexity index is 645. The van der Waals surface area contributed by atoms with Crippen molar-refractivity contribution in [2.24, 2.45) is 5.10 Å². The molecule has 0 fully saturated rings. The minimum Gasteiger partial charge on any atom is -0.201 e. The third kappa shape index (κ3) is 3.28. The van der Waals surface area contributed by atoms with Gasteiger partial charge in [-0.15, -0.1) is 10.2 Å². The van der Waals surface area contributed by atoms with Gasteiger partial charge in [0.15, 0.2) is 0 Å². The van der Waals surface area contributed by atoms with E-state index in [1.165, 1.54) is 6.21 Å². The molecule has 1 aromatic heterocycles. The standard InChI is InChI=1S/C11H8Cl2F2N4S/c1-20-11-18-17-10(9(14)15)19(11)16-5-6-2-3-7(12)4-8(6)13/h2-5,9H,1H3. The largest absolute Gasteiger partial charge is 0.299 e. The molecule has 0 radical (unpaired) electrons. The molecule has 0 unspecified atom stereocenters. The van der Waals surface area contributed by atoms with Crippen LogP contribution in [0.4, 0.5) is 8.78 Å². The number of hydrogen-bond acceptors (Lipinski definition) is 4. The molecule has 0 aliphatic carbocycles. The summed E-state index contributed by atoms with van der Waals surface area (Å²) in [6.45, 7) is 0. The lowest BCUT2D eigenvalue weighted by Crippen LogP contribution is -2.00. The molecule has 0 aliphatic rings. The smallest absolute Gasteiger partial charge is 0.201 e. The van der Waals surface area contributed by atoms with Crippen LogP contribution in [0.1, 0.15) is 17.8 Å². The Kier molecular flexibility index (Phi) is 4.95. The van der Waals surface area contributed by atoms with E-state index in [1.807, 2.05) is 0 Å². The quantitative estimate of drug-likeness (QED) is 0.622. The molecular formula is C11H8Cl2F2N4S. The molecule has 1 aromatic carbocycles. The number of nitrogens with zero attached hydrogens (tertiary/aromatic N) is 4. The molecule has 0 saturated heterocycles. The monoisotopic (exact) mass is 336 g/mol. The predicted octanol–water partition coefficient (Wildman–Crippen LogP) is 4.13. The molecule has 0 amide bonds. The van der Waals surface area contributed by atoms with Crippen molar-refractivity contribution in [3.63, 3.8) is 0 Å². The number of rotatable bonds is 4. The van der Waals surface area contributed by atoms with Gasteiger partial charge >= 0.3 is 0 Å². The van der Waals surface area contributed by atoms with Gasteiger partial charge < -0.3 is 0 Å². The minimum absolute atomic E-state index is 0.265. The number of thioether (sulfide) groups is 1. The second-order valence-corrected chi connectivity index (χ2v) is 5.18. The van der Waals surface area contributed by atoms with Crippen LogP contribution in [-0.2, 0) is 0 Å². The summed E-state index contributed by atoms with van der Waals surface area (Å²) >= 11 is 12.9. The summed E-state index contributed by atoms with van der Waals surface area (Å²) in [5.74, 6) is -0.518. The zero-order chi connectivity index (χ0) is 14.7. The zero-order valence-corrected chi connectivity index (χ0v) is 12.4. The van der Waals surface area contributed by atoms with E-state index >= 15 is 0 Å². The van der Waals surface area contributed by atoms with Crippen molar-refractivity contribution >= 4 is 41.2 Å². The van der Waals surface area contributed by atoms with Crippen molar-refractivity contribution in [3.8, 4) is 0 Å². The van der Waals surface area contributed by atoms with Gasteiger partial charge in [-0.05, 0) is 18.4 Å². The molecule has 2 aromatic rings. The summed E-state index contributed by atoms with van der Waals surface area (Å²) in [5, 5.41) is 12.1. The molecule has 0 bridgehead atoms. The van der Waals surface area contributed by atoms with E-state index < -0.39 is 12.2 Å². The van der Waals surface area contributed by atoms with Gasteiger partial charge in [-0.3, -0.25) is 0 Å². The Balaban J connectivity index is 2.37. The van der Waals surface area contributed by atoms with Gasteiger partial charge in [0, 0.05) is 10.6 Å². The highest BCUT2D eigenvalue weighted by Crippen LogP contribution is 2.23. The highest BCUT2D eigenvalue weighted by Gasteiger charge is 2.19. The molecule has 4 nitrogen and oxygen atoms in total. The number of halogens is 4. The van der Waals surface area contributed by atoms with Crippen molar-refractivity contribution < 1.29 is 8.78 Å². The fourth-order valence-electron chi connectivity index (χ4n) is 1.37. The first-order chi connectivity index (χ1) is 9.52. The van der Waals surface area contributed by atoms with Crippen molar-refractivity contribution in [1.82, 2.24) is 14.9 Å². The normalized spacial score (nSPS) is 11.7. The van der Waals surface area contributed by atoms with Crippen molar-refractivity contribution in [2.75, 3.05) is 6.26 Å². The second-order valence-electron chi connectivity index (χ2n) is 3.57. The second kappa shape index (κ2) is 6.51. The van der Waals surface area contributed by atoms with E-state index in [-0.39, 0.29) is 5.16 Å². The summed E-state index contributed by atoms with van der Waals surface area (Å²) in [6.07, 6.45) is 0.287. The number of benzene rings is 1. The van der Waals surface area contributed by atoms with E-state index in [1.54, 1.807) is 24.5 Å². The van der Waals surface area contributed by atoms with Crippen LogP contribution < -0.4 is 0 Å². The zero-order valence-electron chi connectivity index (χ0n) is 10.1.